The van der Waals surface area contributed by atoms with Crippen molar-refractivity contribution in [3.05, 3.63) is 64.1 Å². The highest BCUT2D eigenvalue weighted by Gasteiger charge is 1.98. The van der Waals surface area contributed by atoms with Crippen LogP contribution in [-0.4, -0.2) is 7.05 Å². The highest BCUT2D eigenvalue weighted by molar-refractivity contribution is 9.10. The van der Waals surface area contributed by atoms with Crippen molar-refractivity contribution in [1.29, 1.82) is 0 Å². The molecule has 0 aliphatic heterocycles. The van der Waals surface area contributed by atoms with Crippen molar-refractivity contribution in [2.45, 2.75) is 17.2 Å². The summed E-state index contributed by atoms with van der Waals surface area (Å²) in [5.74, 6) is 1.01. The summed E-state index contributed by atoms with van der Waals surface area (Å²) in [6.45, 7) is 0.923. The SMILES string of the molecule is CNCc1cccc(SCc2ccc(Br)cc2)c1. The van der Waals surface area contributed by atoms with Crippen molar-refractivity contribution >= 4 is 27.7 Å². The highest BCUT2D eigenvalue weighted by Crippen LogP contribution is 2.24. The largest absolute Gasteiger partial charge is 0.316 e. The van der Waals surface area contributed by atoms with Crippen LogP contribution in [0.1, 0.15) is 11.1 Å². The second-order valence-corrected chi connectivity index (χ2v) is 6.06. The van der Waals surface area contributed by atoms with Crippen molar-refractivity contribution in [1.82, 2.24) is 5.32 Å². The standard InChI is InChI=1S/C15H16BrNS/c1-17-10-13-3-2-4-15(9-13)18-11-12-5-7-14(16)8-6-12/h2-9,17H,10-11H2,1H3. The van der Waals surface area contributed by atoms with Gasteiger partial charge in [-0.1, -0.05) is 40.2 Å². The normalized spacial score (nSPS) is 10.6. The van der Waals surface area contributed by atoms with Gasteiger partial charge in [-0.25, -0.2) is 0 Å². The van der Waals surface area contributed by atoms with Crippen LogP contribution < -0.4 is 5.32 Å². The first-order valence-corrected chi connectivity index (χ1v) is 7.66. The second kappa shape index (κ2) is 6.98. The Morgan fingerprint density at radius 1 is 1.06 bits per heavy atom. The lowest BCUT2D eigenvalue weighted by Gasteiger charge is -2.05. The maximum atomic E-state index is 3.45. The minimum Gasteiger partial charge on any atom is -0.316 e. The van der Waals surface area contributed by atoms with Gasteiger partial charge in [-0.3, -0.25) is 0 Å². The van der Waals surface area contributed by atoms with E-state index in [1.165, 1.54) is 16.0 Å². The molecule has 2 rings (SSSR count). The zero-order valence-electron chi connectivity index (χ0n) is 10.3. The first kappa shape index (κ1) is 13.7. The number of benzene rings is 2. The van der Waals surface area contributed by atoms with Crippen LogP contribution in [0, 0.1) is 0 Å². The maximum absolute atomic E-state index is 3.45. The van der Waals surface area contributed by atoms with Crippen LogP contribution in [0.2, 0.25) is 0 Å². The summed E-state index contributed by atoms with van der Waals surface area (Å²) in [4.78, 5) is 1.32. The third kappa shape index (κ3) is 4.16. The maximum Gasteiger partial charge on any atom is 0.0232 e. The van der Waals surface area contributed by atoms with Gasteiger partial charge in [0.15, 0.2) is 0 Å². The number of halogens is 1. The van der Waals surface area contributed by atoms with Gasteiger partial charge in [-0.15, -0.1) is 11.8 Å². The molecule has 1 nitrogen and oxygen atoms in total. The molecule has 0 saturated heterocycles. The van der Waals surface area contributed by atoms with Crippen LogP contribution >= 0.6 is 27.7 Å². The van der Waals surface area contributed by atoms with E-state index in [0.29, 0.717) is 0 Å². The Balaban J connectivity index is 1.97. The molecule has 0 heterocycles. The molecule has 3 heteroatoms. The molecular formula is C15H16BrNS. The van der Waals surface area contributed by atoms with E-state index >= 15 is 0 Å². The predicted molar refractivity (Wildman–Crippen MR) is 82.9 cm³/mol. The van der Waals surface area contributed by atoms with Crippen molar-refractivity contribution in [3.8, 4) is 0 Å². The van der Waals surface area contributed by atoms with E-state index in [1.54, 1.807) is 0 Å². The molecule has 1 N–H and O–H groups in total. The number of hydrogen-bond acceptors (Lipinski definition) is 2. The molecule has 0 radical (unpaired) electrons. The zero-order chi connectivity index (χ0) is 12.8. The summed E-state index contributed by atoms with van der Waals surface area (Å²) in [5.41, 5.74) is 2.68. The van der Waals surface area contributed by atoms with Gasteiger partial charge < -0.3 is 5.32 Å². The minimum absolute atomic E-state index is 0.923. The Bertz CT molecular complexity index is 496. The molecule has 0 aliphatic rings. The van der Waals surface area contributed by atoms with E-state index in [0.717, 1.165) is 16.8 Å². The molecule has 0 saturated carbocycles. The van der Waals surface area contributed by atoms with E-state index in [-0.39, 0.29) is 0 Å². The fraction of sp³-hybridized carbons (Fsp3) is 0.200. The molecule has 18 heavy (non-hydrogen) atoms. The Kier molecular flexibility index (Phi) is 5.29. The topological polar surface area (TPSA) is 12.0 Å². The Morgan fingerprint density at radius 3 is 2.56 bits per heavy atom. The number of rotatable bonds is 5. The van der Waals surface area contributed by atoms with Crippen LogP contribution in [0.25, 0.3) is 0 Å². The molecule has 0 spiro atoms. The van der Waals surface area contributed by atoms with Crippen molar-refractivity contribution < 1.29 is 0 Å². The van der Waals surface area contributed by atoms with Gasteiger partial charge in [0.25, 0.3) is 0 Å². The molecular weight excluding hydrogens is 306 g/mol. The fourth-order valence-corrected chi connectivity index (χ4v) is 2.90. The first-order valence-electron chi connectivity index (χ1n) is 5.89. The van der Waals surface area contributed by atoms with Gasteiger partial charge in [-0.05, 0) is 42.4 Å². The zero-order valence-corrected chi connectivity index (χ0v) is 12.7. The lowest BCUT2D eigenvalue weighted by atomic mass is 10.2. The van der Waals surface area contributed by atoms with Crippen molar-refractivity contribution in [2.75, 3.05) is 7.05 Å². The first-order chi connectivity index (χ1) is 8.78. The molecule has 0 bridgehead atoms. The molecule has 2 aromatic carbocycles. The minimum atomic E-state index is 0.923. The summed E-state index contributed by atoms with van der Waals surface area (Å²) in [6.07, 6.45) is 0. The van der Waals surface area contributed by atoms with E-state index in [4.69, 9.17) is 0 Å². The lowest BCUT2D eigenvalue weighted by molar-refractivity contribution is 0.815. The average Bonchev–Trinajstić information content (AvgIpc) is 2.39. The van der Waals surface area contributed by atoms with Crippen LogP contribution in [0.15, 0.2) is 57.9 Å². The fourth-order valence-electron chi connectivity index (χ4n) is 1.70. The number of thioether (sulfide) groups is 1. The Morgan fingerprint density at radius 2 is 1.83 bits per heavy atom. The second-order valence-electron chi connectivity index (χ2n) is 4.09. The van der Waals surface area contributed by atoms with E-state index in [9.17, 15) is 0 Å². The molecule has 0 aliphatic carbocycles. The van der Waals surface area contributed by atoms with Gasteiger partial charge in [0, 0.05) is 21.7 Å². The van der Waals surface area contributed by atoms with E-state index in [2.05, 4.69) is 69.8 Å². The lowest BCUT2D eigenvalue weighted by Crippen LogP contribution is -2.04. The van der Waals surface area contributed by atoms with Crippen LogP contribution in [-0.2, 0) is 12.3 Å². The van der Waals surface area contributed by atoms with Crippen LogP contribution in [0.4, 0.5) is 0 Å². The third-order valence-electron chi connectivity index (χ3n) is 2.60. The number of nitrogens with one attached hydrogen (secondary N) is 1. The monoisotopic (exact) mass is 321 g/mol. The third-order valence-corrected chi connectivity index (χ3v) is 4.19. The molecule has 0 unspecified atom stereocenters. The summed E-state index contributed by atoms with van der Waals surface area (Å²) in [7, 11) is 1.97. The summed E-state index contributed by atoms with van der Waals surface area (Å²) >= 11 is 5.33. The molecule has 0 amide bonds. The molecule has 94 valence electrons. The molecule has 0 aromatic heterocycles. The van der Waals surface area contributed by atoms with Gasteiger partial charge in [0.05, 0.1) is 0 Å². The molecule has 0 fully saturated rings. The smallest absolute Gasteiger partial charge is 0.0232 e. The van der Waals surface area contributed by atoms with Crippen molar-refractivity contribution in [3.63, 3.8) is 0 Å². The predicted octanol–water partition coefficient (Wildman–Crippen LogP) is 4.46. The van der Waals surface area contributed by atoms with E-state index < -0.39 is 0 Å². The quantitative estimate of drug-likeness (QED) is 0.816. The van der Waals surface area contributed by atoms with Gasteiger partial charge in [0.1, 0.15) is 0 Å². The van der Waals surface area contributed by atoms with E-state index in [1.807, 2.05) is 18.8 Å². The van der Waals surface area contributed by atoms with Gasteiger partial charge in [-0.2, -0.15) is 0 Å². The summed E-state index contributed by atoms with van der Waals surface area (Å²) in [6, 6.07) is 17.2. The molecule has 2 aromatic rings. The van der Waals surface area contributed by atoms with Crippen LogP contribution in [0.5, 0.6) is 0 Å². The van der Waals surface area contributed by atoms with Crippen molar-refractivity contribution in [2.24, 2.45) is 0 Å². The molecule has 0 atom stereocenters. The Labute approximate surface area is 121 Å². The Hall–Kier alpha value is -0.770. The number of hydrogen-bond donors (Lipinski definition) is 1. The summed E-state index contributed by atoms with van der Waals surface area (Å²) in [5, 5.41) is 3.18. The average molecular weight is 322 g/mol. The van der Waals surface area contributed by atoms with Gasteiger partial charge >= 0.3 is 0 Å². The van der Waals surface area contributed by atoms with Crippen LogP contribution in [0.3, 0.4) is 0 Å². The highest BCUT2D eigenvalue weighted by atomic mass is 79.9. The van der Waals surface area contributed by atoms with Gasteiger partial charge in [0.2, 0.25) is 0 Å². The summed E-state index contributed by atoms with van der Waals surface area (Å²) < 4.78 is 1.13.